The number of alkyl halides is 2. The summed E-state index contributed by atoms with van der Waals surface area (Å²) in [7, 11) is -1.37. The van der Waals surface area contributed by atoms with Gasteiger partial charge in [0, 0.05) is 136 Å². The molecular formula is C71H95Cl2N10O18PS3. The molecule has 11 rings (SSSR count). The number of rotatable bonds is 40. The van der Waals surface area contributed by atoms with Gasteiger partial charge in [-0.05, 0) is 110 Å². The first-order valence-corrected chi connectivity index (χ1v) is 39.8. The molecule has 1 saturated heterocycles. The molecule has 34 heteroatoms. The Morgan fingerprint density at radius 1 is 0.705 bits per heavy atom. The van der Waals surface area contributed by atoms with Crippen LogP contribution in [0.1, 0.15) is 85.6 Å². The van der Waals surface area contributed by atoms with E-state index in [1.165, 1.54) is 6.07 Å². The van der Waals surface area contributed by atoms with Crippen LogP contribution in [0.5, 0.6) is 11.5 Å². The van der Waals surface area contributed by atoms with Crippen LogP contribution in [0.4, 0.5) is 17.1 Å². The standard InChI is InChI=1S/C71H95Cl2N10O18PS3/c1-43(2)62(78-55(84)12-16-93-18-20-95-22-24-97-26-27-98-25-23-96-21-19-94-17-15-81-38-50(105-7)28-57(81)86)65(87)76-35-56(85)77-49-10-8-46(9-11-49)39-99-68(103)79(5)13-14-80(6)69(104)100-53-29-51-60(58-44(3)33-74-63(53)58)47(31-72)36-82(51)66(88)70-40-71(41-70,42-70)67(89)83-37-48(32-73)61-52(83)30-54(101-102(90,91)92)64-59(61)45(4)34-75-64/h8-11,29-30,33-34,43,47-48,50,62,74-75H,12-28,31-32,35-42H2,1-7H3,(H,76,87)(H,77,85)(H,78,84)(H2,90,91,92). The summed E-state index contributed by atoms with van der Waals surface area (Å²) in [4.78, 5) is 115. The van der Waals surface area contributed by atoms with E-state index in [2.05, 4.69) is 25.9 Å². The van der Waals surface area contributed by atoms with Crippen LogP contribution >= 0.6 is 67.2 Å². The Morgan fingerprint density at radius 2 is 1.19 bits per heavy atom. The lowest BCUT2D eigenvalue weighted by molar-refractivity contribution is -0.205. The third-order valence-electron chi connectivity index (χ3n) is 19.7. The summed E-state index contributed by atoms with van der Waals surface area (Å²) in [5.74, 6) is -1.32. The number of likely N-dealkylation sites (tertiary alicyclic amines) is 1. The van der Waals surface area contributed by atoms with Gasteiger partial charge in [-0.2, -0.15) is 11.8 Å². The number of phosphoric acid groups is 1. The normalized spacial score (nSPS) is 19.7. The molecule has 6 amide bonds. The van der Waals surface area contributed by atoms with Crippen LogP contribution < -0.4 is 35.0 Å². The number of carbonyl (C=O) groups excluding carboxylic acids is 6. The molecule has 5 aromatic rings. The molecule has 3 saturated carbocycles. The van der Waals surface area contributed by atoms with Crippen LogP contribution in [0, 0.1) is 30.6 Å². The number of benzene rings is 3. The van der Waals surface area contributed by atoms with Crippen LogP contribution in [-0.2, 0) is 73.1 Å². The van der Waals surface area contributed by atoms with Gasteiger partial charge in [0.2, 0.25) is 35.4 Å². The lowest BCUT2D eigenvalue weighted by Gasteiger charge is -2.69. The van der Waals surface area contributed by atoms with Crippen LogP contribution in [-0.4, -0.2) is 249 Å². The van der Waals surface area contributed by atoms with Crippen molar-refractivity contribution in [3.63, 3.8) is 0 Å². The van der Waals surface area contributed by atoms with Gasteiger partial charge < -0.3 is 92.8 Å². The molecule has 3 aromatic carbocycles. The van der Waals surface area contributed by atoms with Gasteiger partial charge in [-0.25, -0.2) is 4.57 Å². The van der Waals surface area contributed by atoms with Crippen molar-refractivity contribution < 1.29 is 85.5 Å². The van der Waals surface area contributed by atoms with Crippen molar-refractivity contribution in [3.05, 3.63) is 76.6 Å². The highest BCUT2D eigenvalue weighted by Gasteiger charge is 2.76. The maximum atomic E-state index is 15.0. The number of thioether (sulfide) groups is 1. The predicted molar refractivity (Wildman–Crippen MR) is 408 cm³/mol. The second-order valence-corrected chi connectivity index (χ2v) is 31.2. The number of halogens is 2. The van der Waals surface area contributed by atoms with Gasteiger partial charge in [-0.15, -0.1) is 23.2 Å². The quantitative estimate of drug-likeness (QED) is 0.00858. The molecule has 4 atom stereocenters. The molecule has 6 aliphatic rings. The van der Waals surface area contributed by atoms with E-state index in [1.807, 2.05) is 37.3 Å². The average Bonchev–Trinajstić information content (AvgIpc) is 1.48. The lowest BCUT2D eigenvalue weighted by atomic mass is 9.34. The number of amides is 6. The molecule has 2 bridgehead atoms. The SMILES string of the molecule is CSC1CC(=O)N(CCOCCOCCOCCOCCOCCOCCC(=O)NC(C(=O)NCC(=O)Nc2ccc(COC(=S)N(C)CCN(C)C(=S)Oc3cc4c(c5c(C)c[nH]c35)C(CCl)CN4C(=O)C34CC(C(=O)N5CC(CCl)c6c5cc(OP(=O)(O)O)c5[nH]cc(C)c65)(C3)C4)cc2)C(C)C)C1. The summed E-state index contributed by atoms with van der Waals surface area (Å²) in [5.41, 5.74) is 5.43. The Balaban J connectivity index is 0.590. The maximum Gasteiger partial charge on any atom is 0.524 e. The second-order valence-electron chi connectivity index (χ2n) is 27.6. The highest BCUT2D eigenvalue weighted by molar-refractivity contribution is 7.99. The Kier molecular flexibility index (Phi) is 28.3. The van der Waals surface area contributed by atoms with Crippen molar-refractivity contribution in [3.8, 4) is 11.5 Å². The molecule has 4 fully saturated rings. The number of nitrogens with zero attached hydrogens (tertiary/aromatic N) is 5. The third kappa shape index (κ3) is 19.7. The number of aryl methyl sites for hydroxylation is 2. The van der Waals surface area contributed by atoms with E-state index in [4.69, 9.17) is 90.1 Å². The van der Waals surface area contributed by atoms with Gasteiger partial charge in [0.15, 0.2) is 11.5 Å². The number of hydrogen-bond donors (Lipinski definition) is 7. The molecule has 5 heterocycles. The maximum absolute atomic E-state index is 15.0. The summed E-state index contributed by atoms with van der Waals surface area (Å²) in [5, 5.41) is 10.5. The summed E-state index contributed by atoms with van der Waals surface area (Å²) >= 11 is 26.5. The number of hydrogen-bond acceptors (Lipinski definition) is 19. The molecule has 0 spiro atoms. The first-order valence-electron chi connectivity index (χ1n) is 35.1. The first kappa shape index (κ1) is 81.1. The van der Waals surface area contributed by atoms with Crippen molar-refractivity contribution in [1.29, 1.82) is 0 Å². The Hall–Kier alpha value is -6.42. The number of fused-ring (bicyclic) bond motifs is 6. The zero-order chi connectivity index (χ0) is 75.3. The number of carbonyl (C=O) groups is 6. The van der Waals surface area contributed by atoms with Gasteiger partial charge in [-0.1, -0.05) is 26.0 Å². The number of aromatic amines is 2. The minimum atomic E-state index is -4.97. The Morgan fingerprint density at radius 3 is 1.68 bits per heavy atom. The monoisotopic (exact) mass is 1570 g/mol. The number of phosphoric ester groups is 1. The summed E-state index contributed by atoms with van der Waals surface area (Å²) in [6, 6.07) is 9.43. The van der Waals surface area contributed by atoms with E-state index in [1.54, 1.807) is 89.8 Å². The van der Waals surface area contributed by atoms with Gasteiger partial charge in [0.25, 0.3) is 10.3 Å². The van der Waals surface area contributed by atoms with Crippen molar-refractivity contribution >= 4 is 152 Å². The molecule has 7 N–H and O–H groups in total. The topological polar surface area (TPSA) is 327 Å². The molecule has 4 unspecified atom stereocenters. The number of likely N-dealkylation sites (N-methyl/N-ethyl adjacent to an activating group) is 2. The van der Waals surface area contributed by atoms with E-state index in [0.29, 0.717) is 162 Å². The molecule has 105 heavy (non-hydrogen) atoms. The highest BCUT2D eigenvalue weighted by Crippen LogP contribution is 2.75. The van der Waals surface area contributed by atoms with E-state index in [-0.39, 0.29) is 109 Å². The molecule has 574 valence electrons. The van der Waals surface area contributed by atoms with Gasteiger partial charge in [0.05, 0.1) is 119 Å². The fraction of sp³-hybridized carbons (Fsp3) is 0.577. The average molecular weight is 1570 g/mol. The smallest absolute Gasteiger partial charge is 0.466 e. The van der Waals surface area contributed by atoms with Crippen molar-refractivity contribution in [2.24, 2.45) is 16.7 Å². The zero-order valence-electron chi connectivity index (χ0n) is 60.2. The fourth-order valence-electron chi connectivity index (χ4n) is 14.3. The van der Waals surface area contributed by atoms with Crippen molar-refractivity contribution in [2.75, 3.05) is 172 Å². The van der Waals surface area contributed by atoms with Crippen LogP contribution in [0.2, 0.25) is 0 Å². The third-order valence-corrected chi connectivity index (χ3v) is 22.7. The minimum Gasteiger partial charge on any atom is -0.466 e. The Bertz CT molecular complexity index is 3990. The number of anilines is 3. The highest BCUT2D eigenvalue weighted by atomic mass is 35.5. The van der Waals surface area contributed by atoms with E-state index < -0.39 is 36.5 Å². The first-order chi connectivity index (χ1) is 50.3. The number of ether oxygens (including phenoxy) is 8. The number of H-pyrrole nitrogens is 2. The van der Waals surface area contributed by atoms with Crippen molar-refractivity contribution in [2.45, 2.75) is 89.5 Å². The van der Waals surface area contributed by atoms with Crippen LogP contribution in [0.15, 0.2) is 48.8 Å². The van der Waals surface area contributed by atoms with E-state index in [9.17, 15) is 43.1 Å². The van der Waals surface area contributed by atoms with Crippen molar-refractivity contribution in [1.82, 2.24) is 35.3 Å². The molecular weight excluding hydrogens is 1480 g/mol. The largest absolute Gasteiger partial charge is 0.524 e. The van der Waals surface area contributed by atoms with Crippen LogP contribution in [0.25, 0.3) is 21.8 Å². The predicted octanol–water partition coefficient (Wildman–Crippen LogP) is 7.62. The minimum absolute atomic E-state index is 0.0240. The summed E-state index contributed by atoms with van der Waals surface area (Å²) in [6.45, 7) is 14.6. The van der Waals surface area contributed by atoms with E-state index in [0.717, 1.165) is 39.7 Å². The summed E-state index contributed by atoms with van der Waals surface area (Å²) < 4.78 is 63.0. The number of aromatic nitrogens is 2. The van der Waals surface area contributed by atoms with E-state index >= 15 is 0 Å². The Labute approximate surface area is 635 Å². The van der Waals surface area contributed by atoms with Gasteiger partial charge in [-0.3, -0.25) is 38.6 Å². The molecule has 2 aromatic heterocycles. The molecule has 28 nitrogen and oxygen atoms in total. The van der Waals surface area contributed by atoms with Gasteiger partial charge >= 0.3 is 7.82 Å². The second kappa shape index (κ2) is 36.7. The molecule has 3 aliphatic carbocycles. The number of thiocarbonyl (C=S) groups is 2. The van der Waals surface area contributed by atoms with Gasteiger partial charge in [0.1, 0.15) is 12.6 Å². The van der Waals surface area contributed by atoms with Crippen LogP contribution in [0.3, 0.4) is 0 Å². The lowest BCUT2D eigenvalue weighted by Crippen LogP contribution is -2.73. The molecule has 3 aliphatic heterocycles. The summed E-state index contributed by atoms with van der Waals surface area (Å²) in [6.07, 6.45) is 7.27. The zero-order valence-corrected chi connectivity index (χ0v) is 65.0. The molecule has 0 radical (unpaired) electrons. The fourth-order valence-corrected chi connectivity index (χ4v) is 16.1. The number of nitrogens with one attached hydrogen (secondary N) is 5.